The summed E-state index contributed by atoms with van der Waals surface area (Å²) in [7, 11) is 2.65. The predicted octanol–water partition coefficient (Wildman–Crippen LogP) is 5.47. The number of aryl methyl sites for hydroxylation is 2. The van der Waals surface area contributed by atoms with Gasteiger partial charge in [0, 0.05) is 24.9 Å². The minimum Gasteiger partial charge on any atom is -0.480 e. The van der Waals surface area contributed by atoms with Crippen LogP contribution in [-0.4, -0.2) is 67.2 Å². The number of hydrogen-bond acceptors (Lipinski definition) is 10. The molecule has 2 heterocycles. The Balaban J connectivity index is 0.000000275. The van der Waals surface area contributed by atoms with E-state index < -0.39 is 28.7 Å². The maximum absolute atomic E-state index is 12.9. The van der Waals surface area contributed by atoms with Gasteiger partial charge in [-0.3, -0.25) is 14.4 Å². The molecule has 0 bridgehead atoms. The molecular formula is C35H45NO10. The molecule has 0 atom stereocenters. The molecule has 0 saturated heterocycles. The zero-order valence-electron chi connectivity index (χ0n) is 28.7. The molecule has 2 aromatic carbocycles. The van der Waals surface area contributed by atoms with Crippen LogP contribution in [-0.2, 0) is 35.0 Å². The van der Waals surface area contributed by atoms with Gasteiger partial charge in [-0.2, -0.15) is 0 Å². The summed E-state index contributed by atoms with van der Waals surface area (Å²) < 4.78 is 26.4. The Morgan fingerprint density at radius 2 is 1.35 bits per heavy atom. The number of rotatable bonds is 6. The van der Waals surface area contributed by atoms with Gasteiger partial charge in [0.25, 0.3) is 5.91 Å². The van der Waals surface area contributed by atoms with E-state index in [1.807, 2.05) is 27.7 Å². The highest BCUT2D eigenvalue weighted by Crippen LogP contribution is 2.40. The number of esters is 3. The van der Waals surface area contributed by atoms with Crippen molar-refractivity contribution in [2.45, 2.75) is 98.4 Å². The van der Waals surface area contributed by atoms with Crippen LogP contribution in [0.25, 0.3) is 0 Å². The predicted molar refractivity (Wildman–Crippen MR) is 171 cm³/mol. The smallest absolute Gasteiger partial charge is 0.338 e. The van der Waals surface area contributed by atoms with E-state index in [9.17, 15) is 24.0 Å². The zero-order chi connectivity index (χ0) is 34.8. The van der Waals surface area contributed by atoms with Crippen molar-refractivity contribution < 1.29 is 47.7 Å². The fraction of sp³-hybridized carbons (Fsp3) is 0.514. The number of ketones is 1. The number of Topliss-reactive ketones (excluding diaryl/α,β-unsaturated/α-hetero) is 1. The molecule has 250 valence electrons. The first-order valence-corrected chi connectivity index (χ1v) is 15.1. The SMILES string of the molecule is COC(=O)c1cc2c(cc1C)OC(C)(C)C(=O)C2.COC(=O)c1cc2c(cc1C)OC(C)(C)C(=O)N2CCCC(=O)OC(C)(C)C. The van der Waals surface area contributed by atoms with Crippen molar-refractivity contribution in [3.8, 4) is 11.5 Å². The minimum absolute atomic E-state index is 0.00895. The van der Waals surface area contributed by atoms with Crippen LogP contribution in [0.1, 0.15) is 98.7 Å². The second kappa shape index (κ2) is 13.5. The summed E-state index contributed by atoms with van der Waals surface area (Å²) in [6.07, 6.45) is 0.900. The first-order chi connectivity index (χ1) is 21.2. The van der Waals surface area contributed by atoms with Crippen LogP contribution in [0.5, 0.6) is 11.5 Å². The number of benzene rings is 2. The molecule has 1 amide bonds. The number of fused-ring (bicyclic) bond motifs is 2. The number of carbonyl (C=O) groups is 5. The first kappa shape index (κ1) is 36.1. The van der Waals surface area contributed by atoms with Crippen molar-refractivity contribution in [2.75, 3.05) is 25.7 Å². The zero-order valence-corrected chi connectivity index (χ0v) is 28.7. The van der Waals surface area contributed by atoms with E-state index in [4.69, 9.17) is 23.7 Å². The standard InChI is InChI=1S/C21H29NO6.C14H16O4/c1-13-11-16-15(12-14(13)18(24)26-7)22(19(25)21(5,6)27-16)10-8-9-17(23)28-20(2,3)4;1-8-5-11-9(6-10(8)13(16)17-4)7-12(15)14(2,3)18-11/h11-12H,8-10H2,1-7H3;5-6H,7H2,1-4H3. The molecule has 0 saturated carbocycles. The number of amides is 1. The number of methoxy groups -OCH3 is 2. The molecule has 4 rings (SSSR count). The lowest BCUT2D eigenvalue weighted by Crippen LogP contribution is -2.53. The van der Waals surface area contributed by atoms with E-state index in [2.05, 4.69) is 0 Å². The molecule has 0 N–H and O–H groups in total. The molecule has 0 spiro atoms. The van der Waals surface area contributed by atoms with Crippen LogP contribution in [0.15, 0.2) is 24.3 Å². The van der Waals surface area contributed by atoms with Crippen LogP contribution in [0.2, 0.25) is 0 Å². The highest BCUT2D eigenvalue weighted by molar-refractivity contribution is 6.04. The van der Waals surface area contributed by atoms with Crippen molar-refractivity contribution in [3.63, 3.8) is 0 Å². The molecule has 0 unspecified atom stereocenters. The number of carbonyl (C=O) groups excluding carboxylic acids is 5. The summed E-state index contributed by atoms with van der Waals surface area (Å²) in [4.78, 5) is 62.0. The van der Waals surface area contributed by atoms with E-state index in [0.29, 0.717) is 46.8 Å². The summed E-state index contributed by atoms with van der Waals surface area (Å²) in [6.45, 7) is 16.2. The van der Waals surface area contributed by atoms with Crippen LogP contribution < -0.4 is 14.4 Å². The lowest BCUT2D eigenvalue weighted by molar-refractivity contribution is -0.155. The average Bonchev–Trinajstić information content (AvgIpc) is 2.94. The number of hydrogen-bond donors (Lipinski definition) is 0. The fourth-order valence-corrected chi connectivity index (χ4v) is 5.05. The lowest BCUT2D eigenvalue weighted by Gasteiger charge is -2.39. The maximum Gasteiger partial charge on any atom is 0.338 e. The van der Waals surface area contributed by atoms with Gasteiger partial charge >= 0.3 is 17.9 Å². The van der Waals surface area contributed by atoms with E-state index in [1.165, 1.54) is 14.2 Å². The van der Waals surface area contributed by atoms with Crippen LogP contribution in [0.4, 0.5) is 5.69 Å². The third kappa shape index (κ3) is 8.24. The third-order valence-corrected chi connectivity index (χ3v) is 7.51. The second-order valence-electron chi connectivity index (χ2n) is 13.4. The van der Waals surface area contributed by atoms with Gasteiger partial charge < -0.3 is 28.6 Å². The summed E-state index contributed by atoms with van der Waals surface area (Å²) in [6, 6.07) is 6.81. The van der Waals surface area contributed by atoms with Crippen molar-refractivity contribution in [3.05, 3.63) is 52.1 Å². The van der Waals surface area contributed by atoms with E-state index in [-0.39, 0.29) is 30.5 Å². The van der Waals surface area contributed by atoms with Gasteiger partial charge in [0.2, 0.25) is 0 Å². The number of anilines is 1. The van der Waals surface area contributed by atoms with Gasteiger partial charge in [-0.15, -0.1) is 0 Å². The lowest BCUT2D eigenvalue weighted by atomic mass is 9.91. The molecule has 2 aliphatic rings. The summed E-state index contributed by atoms with van der Waals surface area (Å²) in [5, 5.41) is 0. The highest BCUT2D eigenvalue weighted by atomic mass is 16.6. The molecule has 46 heavy (non-hydrogen) atoms. The Morgan fingerprint density at radius 3 is 1.89 bits per heavy atom. The molecular weight excluding hydrogens is 594 g/mol. The first-order valence-electron chi connectivity index (χ1n) is 15.1. The van der Waals surface area contributed by atoms with E-state index in [1.54, 1.807) is 63.8 Å². The number of nitrogens with zero attached hydrogens (tertiary/aromatic N) is 1. The Kier molecular flexibility index (Phi) is 10.6. The monoisotopic (exact) mass is 639 g/mol. The van der Waals surface area contributed by atoms with Crippen LogP contribution >= 0.6 is 0 Å². The molecule has 2 aromatic rings. The molecule has 11 heteroatoms. The molecule has 2 aliphatic heterocycles. The Bertz CT molecular complexity index is 1550. The quantitative estimate of drug-likeness (QED) is 0.296. The molecule has 0 aliphatic carbocycles. The Labute approximate surface area is 270 Å². The average molecular weight is 640 g/mol. The van der Waals surface area contributed by atoms with Crippen molar-refractivity contribution in [1.29, 1.82) is 0 Å². The van der Waals surface area contributed by atoms with Gasteiger partial charge in [-0.25, -0.2) is 9.59 Å². The van der Waals surface area contributed by atoms with Crippen molar-refractivity contribution >= 4 is 35.3 Å². The summed E-state index contributed by atoms with van der Waals surface area (Å²) in [5.74, 6) is -0.221. The Morgan fingerprint density at radius 1 is 0.826 bits per heavy atom. The van der Waals surface area contributed by atoms with Gasteiger partial charge in [0.05, 0.1) is 31.0 Å². The summed E-state index contributed by atoms with van der Waals surface area (Å²) in [5.41, 5.74) is 1.18. The van der Waals surface area contributed by atoms with E-state index in [0.717, 1.165) is 11.1 Å². The van der Waals surface area contributed by atoms with Gasteiger partial charge in [0.1, 0.15) is 17.1 Å². The Hall–Kier alpha value is -4.41. The topological polar surface area (TPSA) is 135 Å². The molecule has 0 fully saturated rings. The molecule has 0 radical (unpaired) electrons. The normalized spacial score (nSPS) is 16.0. The van der Waals surface area contributed by atoms with E-state index >= 15 is 0 Å². The molecule has 0 aromatic heterocycles. The second-order valence-corrected chi connectivity index (χ2v) is 13.4. The largest absolute Gasteiger partial charge is 0.480 e. The van der Waals surface area contributed by atoms with Crippen LogP contribution in [0, 0.1) is 13.8 Å². The highest BCUT2D eigenvalue weighted by Gasteiger charge is 2.41. The van der Waals surface area contributed by atoms with Gasteiger partial charge in [-0.05, 0) is 104 Å². The number of ether oxygens (including phenoxy) is 5. The fourth-order valence-electron chi connectivity index (χ4n) is 5.05. The summed E-state index contributed by atoms with van der Waals surface area (Å²) >= 11 is 0. The minimum atomic E-state index is -1.04. The van der Waals surface area contributed by atoms with Crippen molar-refractivity contribution in [1.82, 2.24) is 0 Å². The van der Waals surface area contributed by atoms with Gasteiger partial charge in [-0.1, -0.05) is 0 Å². The van der Waals surface area contributed by atoms with Crippen molar-refractivity contribution in [2.24, 2.45) is 0 Å². The van der Waals surface area contributed by atoms with Gasteiger partial charge in [0.15, 0.2) is 17.0 Å². The third-order valence-electron chi connectivity index (χ3n) is 7.51. The van der Waals surface area contributed by atoms with Crippen LogP contribution in [0.3, 0.4) is 0 Å². The maximum atomic E-state index is 12.9. The molecule has 11 nitrogen and oxygen atoms in total.